The maximum atomic E-state index is 13.4. The number of likely N-dealkylation sites (tertiary alicyclic amines) is 1. The van der Waals surface area contributed by atoms with Crippen molar-refractivity contribution in [3.05, 3.63) is 59.4 Å². The Kier molecular flexibility index (Phi) is 4.13. The lowest BCUT2D eigenvalue weighted by Gasteiger charge is -2.64. The number of rotatable bonds is 4. The van der Waals surface area contributed by atoms with E-state index in [0.29, 0.717) is 24.2 Å². The maximum absolute atomic E-state index is 13.4. The highest BCUT2D eigenvalue weighted by Crippen LogP contribution is 2.65. The fourth-order valence-electron chi connectivity index (χ4n) is 7.99. The molecule has 7 heteroatoms. The van der Waals surface area contributed by atoms with E-state index in [9.17, 15) is 15.0 Å². The molecule has 3 aliphatic carbocycles. The number of phenols is 1. The molecule has 2 saturated carbocycles. The lowest BCUT2D eigenvalue weighted by atomic mass is 9.48. The molecule has 3 N–H and O–H groups in total. The molecular formula is C29H30N2O5. The molecule has 3 aromatic rings. The number of furan rings is 1. The van der Waals surface area contributed by atoms with E-state index in [2.05, 4.69) is 10.2 Å². The van der Waals surface area contributed by atoms with Crippen LogP contribution in [0.3, 0.4) is 0 Å². The number of carbonyl (C=O) groups is 1. The highest BCUT2D eigenvalue weighted by atomic mass is 16.5. The van der Waals surface area contributed by atoms with Crippen molar-refractivity contribution in [2.45, 2.75) is 67.7 Å². The Morgan fingerprint density at radius 1 is 1.14 bits per heavy atom. The third-order valence-electron chi connectivity index (χ3n) is 9.79. The van der Waals surface area contributed by atoms with E-state index in [1.165, 1.54) is 12.8 Å². The van der Waals surface area contributed by atoms with Crippen molar-refractivity contribution in [3.8, 4) is 11.5 Å². The topological polar surface area (TPSA) is 95.2 Å². The van der Waals surface area contributed by atoms with E-state index in [0.717, 1.165) is 53.9 Å². The fourth-order valence-corrected chi connectivity index (χ4v) is 7.99. The molecule has 1 aromatic heterocycles. The SMILES string of the molecule is O=C(N[C@H]1CC[C@@]2(O)[C@H]3Cc4ccc(O)c5c4[C@@]2(CCN3CC2CC2)[C@H]1O5)c1ccc2occc2c1. The summed E-state index contributed by atoms with van der Waals surface area (Å²) in [5.41, 5.74) is 1.88. The number of hydrogen-bond acceptors (Lipinski definition) is 6. The summed E-state index contributed by atoms with van der Waals surface area (Å²) in [5, 5.41) is 27.5. The van der Waals surface area contributed by atoms with Crippen LogP contribution in [0.4, 0.5) is 0 Å². The van der Waals surface area contributed by atoms with Gasteiger partial charge in [0.15, 0.2) is 11.5 Å². The summed E-state index contributed by atoms with van der Waals surface area (Å²) in [5.74, 6) is 1.21. The van der Waals surface area contributed by atoms with Crippen LogP contribution in [-0.4, -0.2) is 57.9 Å². The van der Waals surface area contributed by atoms with E-state index in [1.54, 1.807) is 18.4 Å². The molecule has 5 atom stereocenters. The first-order valence-electron chi connectivity index (χ1n) is 13.2. The van der Waals surface area contributed by atoms with Gasteiger partial charge in [0.2, 0.25) is 0 Å². The van der Waals surface area contributed by atoms with E-state index >= 15 is 0 Å². The standard InChI is InChI=1S/C29H30N2O5/c32-21-5-3-18-14-23-29(34)9-7-20(30-27(33)19-4-6-22-17(13-19)8-12-35-22)26-28(29,24(18)25(21)36-26)10-11-31(23)15-16-1-2-16/h3-6,8,12-13,16,20,23,26,32,34H,1-2,7,9-11,14-15H2,(H,30,33)/t20-,23+,26-,28-,29+/m0/s1. The van der Waals surface area contributed by atoms with Crippen LogP contribution in [0.2, 0.25) is 0 Å². The smallest absolute Gasteiger partial charge is 0.251 e. The van der Waals surface area contributed by atoms with Crippen LogP contribution in [0.1, 0.15) is 53.6 Å². The number of benzene rings is 2. The van der Waals surface area contributed by atoms with Crippen molar-refractivity contribution in [1.29, 1.82) is 0 Å². The summed E-state index contributed by atoms with van der Waals surface area (Å²) >= 11 is 0. The normalized spacial score (nSPS) is 34.3. The largest absolute Gasteiger partial charge is 0.504 e. The zero-order chi connectivity index (χ0) is 24.2. The van der Waals surface area contributed by atoms with E-state index in [-0.39, 0.29) is 23.7 Å². The second-order valence-corrected chi connectivity index (χ2v) is 11.6. The molecule has 3 heterocycles. The van der Waals surface area contributed by atoms with E-state index in [4.69, 9.17) is 9.15 Å². The highest BCUT2D eigenvalue weighted by Gasteiger charge is 2.73. The molecule has 1 spiro atoms. The molecular weight excluding hydrogens is 456 g/mol. The van der Waals surface area contributed by atoms with Gasteiger partial charge in [-0.05, 0) is 86.9 Å². The molecule has 3 fully saturated rings. The Morgan fingerprint density at radius 3 is 2.89 bits per heavy atom. The van der Waals surface area contributed by atoms with Gasteiger partial charge in [0.1, 0.15) is 11.7 Å². The minimum atomic E-state index is -0.951. The number of nitrogens with one attached hydrogen (secondary N) is 1. The molecule has 2 aliphatic heterocycles. The lowest BCUT2D eigenvalue weighted by Crippen LogP contribution is -2.78. The van der Waals surface area contributed by atoms with Gasteiger partial charge in [-0.1, -0.05) is 6.07 Å². The van der Waals surface area contributed by atoms with Crippen LogP contribution in [-0.2, 0) is 11.8 Å². The molecule has 7 nitrogen and oxygen atoms in total. The molecule has 0 radical (unpaired) electrons. The van der Waals surface area contributed by atoms with Gasteiger partial charge in [0.05, 0.1) is 23.3 Å². The summed E-state index contributed by atoms with van der Waals surface area (Å²) in [4.78, 5) is 15.9. The first-order valence-corrected chi connectivity index (χ1v) is 13.2. The van der Waals surface area contributed by atoms with Crippen molar-refractivity contribution < 1.29 is 24.2 Å². The fraction of sp³-hybridized carbons (Fsp3) is 0.483. The summed E-state index contributed by atoms with van der Waals surface area (Å²) in [6, 6.07) is 10.8. The number of piperidine rings is 1. The Labute approximate surface area is 209 Å². The van der Waals surface area contributed by atoms with E-state index < -0.39 is 17.1 Å². The maximum Gasteiger partial charge on any atom is 0.251 e. The van der Waals surface area contributed by atoms with Crippen LogP contribution < -0.4 is 10.1 Å². The molecule has 36 heavy (non-hydrogen) atoms. The van der Waals surface area contributed by atoms with Crippen molar-refractivity contribution >= 4 is 16.9 Å². The van der Waals surface area contributed by atoms with Gasteiger partial charge in [0, 0.05) is 29.1 Å². The third-order valence-corrected chi connectivity index (χ3v) is 9.79. The molecule has 2 aromatic carbocycles. The highest BCUT2D eigenvalue weighted by molar-refractivity contribution is 5.98. The zero-order valence-corrected chi connectivity index (χ0v) is 20.1. The van der Waals surface area contributed by atoms with Crippen LogP contribution >= 0.6 is 0 Å². The van der Waals surface area contributed by atoms with Crippen LogP contribution in [0.25, 0.3) is 11.0 Å². The molecule has 1 saturated heterocycles. The van der Waals surface area contributed by atoms with Crippen LogP contribution in [0.15, 0.2) is 47.1 Å². The number of phenolic OH excluding ortho intramolecular Hbond substituents is 1. The molecule has 2 bridgehead atoms. The summed E-state index contributed by atoms with van der Waals surface area (Å²) in [6.45, 7) is 1.95. The van der Waals surface area contributed by atoms with E-state index in [1.807, 2.05) is 24.3 Å². The number of hydrogen-bond donors (Lipinski definition) is 3. The Hall–Kier alpha value is -3.03. The van der Waals surface area contributed by atoms with Crippen LogP contribution in [0, 0.1) is 5.92 Å². The summed E-state index contributed by atoms with van der Waals surface area (Å²) in [7, 11) is 0. The number of carbonyl (C=O) groups excluding carboxylic acids is 1. The van der Waals surface area contributed by atoms with Gasteiger partial charge >= 0.3 is 0 Å². The average Bonchev–Trinajstić information content (AvgIpc) is 3.42. The molecule has 8 rings (SSSR count). The Bertz CT molecular complexity index is 1410. The predicted octanol–water partition coefficient (Wildman–Crippen LogP) is 3.50. The van der Waals surface area contributed by atoms with Gasteiger partial charge < -0.3 is 24.7 Å². The van der Waals surface area contributed by atoms with Gasteiger partial charge in [-0.25, -0.2) is 0 Å². The van der Waals surface area contributed by atoms with Crippen molar-refractivity contribution in [2.24, 2.45) is 5.92 Å². The second-order valence-electron chi connectivity index (χ2n) is 11.6. The number of ether oxygens (including phenoxy) is 1. The number of amides is 1. The first-order chi connectivity index (χ1) is 17.5. The first kappa shape index (κ1) is 21.1. The number of fused-ring (bicyclic) bond motifs is 1. The second kappa shape index (κ2) is 7.05. The number of aliphatic hydroxyl groups is 1. The third kappa shape index (κ3) is 2.62. The molecule has 1 amide bonds. The van der Waals surface area contributed by atoms with Crippen molar-refractivity contribution in [1.82, 2.24) is 10.2 Å². The van der Waals surface area contributed by atoms with Gasteiger partial charge in [-0.2, -0.15) is 0 Å². The molecule has 0 unspecified atom stereocenters. The van der Waals surface area contributed by atoms with Crippen molar-refractivity contribution in [2.75, 3.05) is 13.1 Å². The Balaban J connectivity index is 1.18. The van der Waals surface area contributed by atoms with Gasteiger partial charge in [-0.3, -0.25) is 9.69 Å². The number of nitrogens with zero attached hydrogens (tertiary/aromatic N) is 1. The monoisotopic (exact) mass is 486 g/mol. The minimum Gasteiger partial charge on any atom is -0.504 e. The van der Waals surface area contributed by atoms with Crippen LogP contribution in [0.5, 0.6) is 11.5 Å². The molecule has 5 aliphatic rings. The molecule has 186 valence electrons. The summed E-state index contributed by atoms with van der Waals surface area (Å²) < 4.78 is 12.0. The zero-order valence-electron chi connectivity index (χ0n) is 20.1. The Morgan fingerprint density at radius 2 is 2.03 bits per heavy atom. The van der Waals surface area contributed by atoms with Gasteiger partial charge in [-0.15, -0.1) is 0 Å². The quantitative estimate of drug-likeness (QED) is 0.523. The van der Waals surface area contributed by atoms with Crippen molar-refractivity contribution in [3.63, 3.8) is 0 Å². The number of aromatic hydroxyl groups is 1. The van der Waals surface area contributed by atoms with Gasteiger partial charge in [0.25, 0.3) is 5.91 Å². The lowest BCUT2D eigenvalue weighted by molar-refractivity contribution is -0.191. The minimum absolute atomic E-state index is 0.0288. The average molecular weight is 487 g/mol. The summed E-state index contributed by atoms with van der Waals surface area (Å²) in [6.07, 6.45) is 6.51. The predicted molar refractivity (Wildman–Crippen MR) is 132 cm³/mol.